The van der Waals surface area contributed by atoms with E-state index >= 15 is 0 Å². The predicted molar refractivity (Wildman–Crippen MR) is 119 cm³/mol. The summed E-state index contributed by atoms with van der Waals surface area (Å²) in [4.78, 5) is 16.7. The van der Waals surface area contributed by atoms with Gasteiger partial charge in [0.25, 0.3) is 0 Å². The lowest BCUT2D eigenvalue weighted by molar-refractivity contribution is -0.127. The Bertz CT molecular complexity index is 862. The zero-order valence-corrected chi connectivity index (χ0v) is 18.3. The van der Waals surface area contributed by atoms with Gasteiger partial charge in [-0.05, 0) is 101 Å². The molecule has 0 spiro atoms. The van der Waals surface area contributed by atoms with Crippen LogP contribution < -0.4 is 5.32 Å². The lowest BCUT2D eigenvalue weighted by Gasteiger charge is -2.26. The number of fused-ring (bicyclic) bond motifs is 1. The number of nitrogens with zero attached hydrogens (tertiary/aromatic N) is 1. The van der Waals surface area contributed by atoms with E-state index in [1.807, 2.05) is 33.8 Å². The molecular weight excluding hydrogens is 363 g/mol. The number of nitrogens with one attached hydrogen (secondary N) is 1. The summed E-state index contributed by atoms with van der Waals surface area (Å²) in [5, 5.41) is 3.12. The summed E-state index contributed by atoms with van der Waals surface area (Å²) in [5.74, 6) is 1.38. The maximum Gasteiger partial charge on any atom is 0.223 e. The van der Waals surface area contributed by atoms with Crippen molar-refractivity contribution < 1.29 is 9.18 Å². The quantitative estimate of drug-likeness (QED) is 0.602. The molecule has 1 saturated carbocycles. The van der Waals surface area contributed by atoms with Crippen LogP contribution in [0.25, 0.3) is 5.57 Å². The maximum absolute atomic E-state index is 13.9. The lowest BCUT2D eigenvalue weighted by Crippen LogP contribution is -2.44. The molecule has 1 aromatic carbocycles. The van der Waals surface area contributed by atoms with Gasteiger partial charge in [-0.25, -0.2) is 4.39 Å². The van der Waals surface area contributed by atoms with Crippen LogP contribution in [0.3, 0.4) is 0 Å². The summed E-state index contributed by atoms with van der Waals surface area (Å²) >= 11 is 0. The van der Waals surface area contributed by atoms with E-state index in [0.29, 0.717) is 23.4 Å². The van der Waals surface area contributed by atoms with Crippen LogP contribution in [0.5, 0.6) is 0 Å². The zero-order chi connectivity index (χ0) is 21.3. The summed E-state index contributed by atoms with van der Waals surface area (Å²) in [6.07, 6.45) is 7.48. The molecule has 2 aliphatic rings. The van der Waals surface area contributed by atoms with Gasteiger partial charge in [0.05, 0.1) is 5.69 Å². The van der Waals surface area contributed by atoms with Crippen LogP contribution in [0.1, 0.15) is 59.4 Å². The van der Waals surface area contributed by atoms with Crippen molar-refractivity contribution >= 4 is 23.9 Å². The van der Waals surface area contributed by atoms with Gasteiger partial charge in [-0.3, -0.25) is 9.79 Å². The van der Waals surface area contributed by atoms with E-state index < -0.39 is 0 Å². The lowest BCUT2D eigenvalue weighted by atomic mass is 9.87. The largest absolute Gasteiger partial charge is 0.351 e. The Kier molecular flexibility index (Phi) is 6.11. The van der Waals surface area contributed by atoms with Gasteiger partial charge in [-0.1, -0.05) is 19.1 Å². The Labute approximate surface area is 174 Å². The molecule has 0 aliphatic heterocycles. The second-order valence-electron chi connectivity index (χ2n) is 9.60. The highest BCUT2D eigenvalue weighted by Gasteiger charge is 2.41. The topological polar surface area (TPSA) is 41.5 Å². The van der Waals surface area contributed by atoms with Gasteiger partial charge >= 0.3 is 0 Å². The molecule has 4 heteroatoms. The SMILES string of the molecule is C=Nc1ccc(F)cc1/C(=C\C)C1=C[C@@H]2C[C@H](C(C)C(=O)NC(C)(C)C)C[C@@H]2C1. The minimum Gasteiger partial charge on any atom is -0.351 e. The Morgan fingerprint density at radius 2 is 2.07 bits per heavy atom. The monoisotopic (exact) mass is 396 g/mol. The third-order valence-electron chi connectivity index (χ3n) is 6.36. The first-order chi connectivity index (χ1) is 13.6. The highest BCUT2D eigenvalue weighted by molar-refractivity contribution is 5.85. The van der Waals surface area contributed by atoms with E-state index in [1.54, 1.807) is 12.1 Å². The molecule has 1 aromatic rings. The normalized spacial score (nSPS) is 25.4. The maximum atomic E-state index is 13.9. The van der Waals surface area contributed by atoms with Crippen molar-refractivity contribution in [1.29, 1.82) is 0 Å². The third-order valence-corrected chi connectivity index (χ3v) is 6.36. The van der Waals surface area contributed by atoms with E-state index in [2.05, 4.69) is 30.0 Å². The summed E-state index contributed by atoms with van der Waals surface area (Å²) < 4.78 is 13.9. The minimum absolute atomic E-state index is 0.0256. The Morgan fingerprint density at radius 3 is 2.66 bits per heavy atom. The number of allylic oxidation sites excluding steroid dienone is 4. The minimum atomic E-state index is -0.260. The van der Waals surface area contributed by atoms with Crippen LogP contribution in [0.15, 0.2) is 40.9 Å². The molecule has 3 nitrogen and oxygen atoms in total. The first-order valence-corrected chi connectivity index (χ1v) is 10.6. The molecular formula is C25H33FN2O. The average Bonchev–Trinajstić information content (AvgIpc) is 3.19. The molecule has 2 aliphatic carbocycles. The van der Waals surface area contributed by atoms with Gasteiger partial charge in [-0.2, -0.15) is 0 Å². The Hall–Kier alpha value is -2.23. The van der Waals surface area contributed by atoms with Crippen molar-refractivity contribution in [1.82, 2.24) is 5.32 Å². The highest BCUT2D eigenvalue weighted by Crippen LogP contribution is 2.51. The van der Waals surface area contributed by atoms with E-state index in [9.17, 15) is 9.18 Å². The van der Waals surface area contributed by atoms with Crippen LogP contribution in [0.2, 0.25) is 0 Å². The average molecular weight is 397 g/mol. The van der Waals surface area contributed by atoms with Gasteiger partial charge in [-0.15, -0.1) is 0 Å². The summed E-state index contributed by atoms with van der Waals surface area (Å²) in [6, 6.07) is 4.66. The van der Waals surface area contributed by atoms with Crippen molar-refractivity contribution in [3.63, 3.8) is 0 Å². The Morgan fingerprint density at radius 1 is 1.34 bits per heavy atom. The molecule has 1 fully saturated rings. The number of carbonyl (C=O) groups is 1. The van der Waals surface area contributed by atoms with Gasteiger partial charge in [0.1, 0.15) is 5.82 Å². The second-order valence-corrected chi connectivity index (χ2v) is 9.60. The van der Waals surface area contributed by atoms with E-state index in [1.165, 1.54) is 11.6 Å². The fourth-order valence-corrected chi connectivity index (χ4v) is 4.93. The summed E-state index contributed by atoms with van der Waals surface area (Å²) in [7, 11) is 0. The van der Waals surface area contributed by atoms with Crippen molar-refractivity contribution in [2.24, 2.45) is 28.7 Å². The van der Waals surface area contributed by atoms with Crippen LogP contribution in [-0.2, 0) is 4.79 Å². The zero-order valence-electron chi connectivity index (χ0n) is 18.3. The molecule has 1 unspecified atom stereocenters. The van der Waals surface area contributed by atoms with Gasteiger partial charge in [0.15, 0.2) is 0 Å². The molecule has 0 bridgehead atoms. The number of aliphatic imine (C=N–C) groups is 1. The number of halogens is 1. The summed E-state index contributed by atoms with van der Waals surface area (Å²) in [5.41, 5.74) is 3.64. The highest BCUT2D eigenvalue weighted by atomic mass is 19.1. The van der Waals surface area contributed by atoms with Crippen molar-refractivity contribution in [2.45, 2.75) is 59.4 Å². The van der Waals surface area contributed by atoms with Crippen LogP contribution in [0.4, 0.5) is 10.1 Å². The van der Waals surface area contributed by atoms with Crippen LogP contribution in [0, 0.1) is 29.5 Å². The number of rotatable bonds is 5. The van der Waals surface area contributed by atoms with Crippen LogP contribution >= 0.6 is 0 Å². The summed E-state index contributed by atoms with van der Waals surface area (Å²) in [6.45, 7) is 13.7. The predicted octanol–water partition coefficient (Wildman–Crippen LogP) is 6.08. The molecule has 3 rings (SSSR count). The molecule has 4 atom stereocenters. The Balaban J connectivity index is 1.74. The van der Waals surface area contributed by atoms with Crippen LogP contribution in [-0.4, -0.2) is 18.2 Å². The fraction of sp³-hybridized carbons (Fsp3) is 0.520. The molecule has 0 aromatic heterocycles. The first-order valence-electron chi connectivity index (χ1n) is 10.6. The number of hydrogen-bond donors (Lipinski definition) is 1. The molecule has 0 radical (unpaired) electrons. The molecule has 0 saturated heterocycles. The van der Waals surface area contributed by atoms with Gasteiger partial charge in [0, 0.05) is 17.0 Å². The number of hydrogen-bond acceptors (Lipinski definition) is 2. The van der Waals surface area contributed by atoms with Crippen molar-refractivity contribution in [3.05, 3.63) is 47.3 Å². The second kappa shape index (κ2) is 8.25. The molecule has 1 N–H and O–H groups in total. The number of amides is 1. The number of benzene rings is 1. The molecule has 1 amide bonds. The van der Waals surface area contributed by atoms with Crippen molar-refractivity contribution in [3.8, 4) is 0 Å². The molecule has 156 valence electrons. The van der Waals surface area contributed by atoms with Gasteiger partial charge < -0.3 is 5.32 Å². The number of carbonyl (C=O) groups excluding carboxylic acids is 1. The van der Waals surface area contributed by atoms with E-state index in [0.717, 1.165) is 30.4 Å². The van der Waals surface area contributed by atoms with Crippen molar-refractivity contribution in [2.75, 3.05) is 0 Å². The molecule has 29 heavy (non-hydrogen) atoms. The third kappa shape index (κ3) is 4.68. The smallest absolute Gasteiger partial charge is 0.223 e. The first kappa shape index (κ1) is 21.5. The van der Waals surface area contributed by atoms with Gasteiger partial charge in [0.2, 0.25) is 5.91 Å². The standard InChI is InChI=1S/C25H33FN2O/c1-7-21(22-14-20(26)8-9-23(22)27-6)19-12-17-10-16(11-18(17)13-19)15(2)24(29)28-25(3,4)5/h7-9,12,14-18H,6,10-11,13H2,1-5H3,(H,28,29)/b21-7-/t15?,16-,17-,18+/m0/s1. The van der Waals surface area contributed by atoms with E-state index in [4.69, 9.17) is 0 Å². The molecule has 0 heterocycles. The van der Waals surface area contributed by atoms with E-state index in [-0.39, 0.29) is 23.2 Å². The fourth-order valence-electron chi connectivity index (χ4n) is 4.93.